The summed E-state index contributed by atoms with van der Waals surface area (Å²) in [5.74, 6) is 0.655. The zero-order valence-electron chi connectivity index (χ0n) is 18.7. The maximum atomic E-state index is 14.2. The summed E-state index contributed by atoms with van der Waals surface area (Å²) >= 11 is 0. The summed E-state index contributed by atoms with van der Waals surface area (Å²) in [6.45, 7) is 0.902. The third-order valence-corrected chi connectivity index (χ3v) is 6.29. The lowest BCUT2D eigenvalue weighted by Gasteiger charge is -2.26. The Kier molecular flexibility index (Phi) is 5.36. The number of carbonyl (C=O) groups excluding carboxylic acids is 1. The van der Waals surface area contributed by atoms with Crippen molar-refractivity contribution in [3.63, 3.8) is 0 Å². The molecular formula is C26H22FN5O3. The van der Waals surface area contributed by atoms with Gasteiger partial charge in [0.05, 0.1) is 6.04 Å². The summed E-state index contributed by atoms with van der Waals surface area (Å²) in [5.41, 5.74) is 3.67. The van der Waals surface area contributed by atoms with Gasteiger partial charge in [0.15, 0.2) is 5.69 Å². The van der Waals surface area contributed by atoms with E-state index in [-0.39, 0.29) is 23.5 Å². The van der Waals surface area contributed by atoms with Gasteiger partial charge >= 0.3 is 0 Å². The molecule has 8 nitrogen and oxygen atoms in total. The van der Waals surface area contributed by atoms with Crippen molar-refractivity contribution in [3.05, 3.63) is 89.9 Å². The van der Waals surface area contributed by atoms with Crippen molar-refractivity contribution in [2.24, 2.45) is 0 Å². The molecule has 0 radical (unpaired) electrons. The first kappa shape index (κ1) is 21.3. The lowest BCUT2D eigenvalue weighted by atomic mass is 9.98. The van der Waals surface area contributed by atoms with Crippen molar-refractivity contribution in [2.75, 3.05) is 6.61 Å². The molecule has 0 spiro atoms. The number of hydrogen-bond acceptors (Lipinski definition) is 6. The Morgan fingerprint density at radius 2 is 1.94 bits per heavy atom. The van der Waals surface area contributed by atoms with Crippen LogP contribution >= 0.6 is 0 Å². The van der Waals surface area contributed by atoms with Crippen molar-refractivity contribution >= 4 is 5.91 Å². The summed E-state index contributed by atoms with van der Waals surface area (Å²) in [5, 5.41) is 7.41. The fourth-order valence-corrected chi connectivity index (χ4v) is 4.54. The average Bonchev–Trinajstić information content (AvgIpc) is 3.33. The minimum atomic E-state index is -0.413. The highest BCUT2D eigenvalue weighted by Gasteiger charge is 2.28. The highest BCUT2D eigenvalue weighted by atomic mass is 19.1. The average molecular weight is 471 g/mol. The molecule has 1 amide bonds. The van der Waals surface area contributed by atoms with Crippen LogP contribution < -0.4 is 14.8 Å². The SMILES string of the molecule is O=C(N[C@H]1COc2ccc(-c3cncnc3)cc2C1)c1cc2n(n1)CCC(c1ccccc1F)O2. The Labute approximate surface area is 200 Å². The lowest BCUT2D eigenvalue weighted by molar-refractivity contribution is 0.0909. The first-order valence-corrected chi connectivity index (χ1v) is 11.4. The van der Waals surface area contributed by atoms with Gasteiger partial charge in [0.1, 0.15) is 30.6 Å². The number of aryl methyl sites for hydroxylation is 1. The van der Waals surface area contributed by atoms with Crippen LogP contribution in [0.15, 0.2) is 67.3 Å². The lowest BCUT2D eigenvalue weighted by Crippen LogP contribution is -2.42. The van der Waals surface area contributed by atoms with Crippen molar-refractivity contribution in [1.82, 2.24) is 25.1 Å². The Morgan fingerprint density at radius 1 is 1.09 bits per heavy atom. The first-order chi connectivity index (χ1) is 17.1. The summed E-state index contributed by atoms with van der Waals surface area (Å²) in [6, 6.07) is 13.9. The van der Waals surface area contributed by atoms with E-state index in [1.165, 1.54) is 12.4 Å². The number of rotatable bonds is 4. The minimum absolute atomic E-state index is 0.205. The van der Waals surface area contributed by atoms with Crippen molar-refractivity contribution in [1.29, 1.82) is 0 Å². The standard InChI is InChI=1S/C26H22FN5O3/c27-21-4-2-1-3-20(21)24-7-8-32-25(35-24)11-22(31-32)26(33)30-19-10-17-9-16(5-6-23(17)34-14-19)18-12-28-15-29-13-18/h1-6,9,11-13,15,19,24H,7-8,10,14H2,(H,30,33)/t19-,24?/m1/s1. The molecule has 0 saturated heterocycles. The molecule has 176 valence electrons. The maximum absolute atomic E-state index is 14.2. The van der Waals surface area contributed by atoms with Gasteiger partial charge in [-0.1, -0.05) is 24.3 Å². The third kappa shape index (κ3) is 4.21. The fraction of sp³-hybridized carbons (Fsp3) is 0.231. The number of amides is 1. The van der Waals surface area contributed by atoms with Crippen LogP contribution in [0.2, 0.25) is 0 Å². The van der Waals surface area contributed by atoms with E-state index in [2.05, 4.69) is 20.4 Å². The molecule has 0 bridgehead atoms. The first-order valence-electron chi connectivity index (χ1n) is 11.4. The van der Waals surface area contributed by atoms with Crippen LogP contribution in [0, 0.1) is 5.82 Å². The van der Waals surface area contributed by atoms with Gasteiger partial charge in [0, 0.05) is 42.6 Å². The molecular weight excluding hydrogens is 449 g/mol. The minimum Gasteiger partial charge on any atom is -0.491 e. The van der Waals surface area contributed by atoms with Crippen LogP contribution in [-0.2, 0) is 13.0 Å². The van der Waals surface area contributed by atoms with Crippen molar-refractivity contribution in [2.45, 2.75) is 31.5 Å². The molecule has 4 aromatic rings. The van der Waals surface area contributed by atoms with Crippen LogP contribution in [0.5, 0.6) is 11.6 Å². The van der Waals surface area contributed by atoms with Gasteiger partial charge in [-0.25, -0.2) is 19.0 Å². The van der Waals surface area contributed by atoms with Crippen LogP contribution in [0.1, 0.15) is 34.1 Å². The molecule has 9 heteroatoms. The normalized spacial score (nSPS) is 18.5. The zero-order chi connectivity index (χ0) is 23.8. The number of nitrogens with one attached hydrogen (secondary N) is 1. The second-order valence-electron chi connectivity index (χ2n) is 8.64. The van der Waals surface area contributed by atoms with Crippen molar-refractivity contribution < 1.29 is 18.7 Å². The Hall–Kier alpha value is -4.27. The molecule has 2 aromatic heterocycles. The topological polar surface area (TPSA) is 91.2 Å². The van der Waals surface area contributed by atoms with E-state index in [1.807, 2.05) is 18.2 Å². The zero-order valence-corrected chi connectivity index (χ0v) is 18.7. The number of ether oxygens (including phenoxy) is 2. The van der Waals surface area contributed by atoms with E-state index < -0.39 is 6.10 Å². The van der Waals surface area contributed by atoms with Gasteiger partial charge < -0.3 is 14.8 Å². The van der Waals surface area contributed by atoms with Gasteiger partial charge in [-0.15, -0.1) is 0 Å². The second-order valence-corrected chi connectivity index (χ2v) is 8.64. The van der Waals surface area contributed by atoms with Gasteiger partial charge in [0.25, 0.3) is 5.91 Å². The van der Waals surface area contributed by atoms with Gasteiger partial charge in [-0.3, -0.25) is 4.79 Å². The van der Waals surface area contributed by atoms with Crippen molar-refractivity contribution in [3.8, 4) is 22.8 Å². The molecule has 0 aliphatic carbocycles. The van der Waals surface area contributed by atoms with E-state index >= 15 is 0 Å². The predicted octanol–water partition coefficient (Wildman–Crippen LogP) is 3.74. The maximum Gasteiger partial charge on any atom is 0.272 e. The molecule has 2 aliphatic heterocycles. The Bertz CT molecular complexity index is 1390. The second kappa shape index (κ2) is 8.83. The van der Waals surface area contributed by atoms with Gasteiger partial charge in [-0.2, -0.15) is 5.10 Å². The number of carbonyl (C=O) groups is 1. The van der Waals surface area contributed by atoms with Crippen LogP contribution in [0.4, 0.5) is 4.39 Å². The predicted molar refractivity (Wildman–Crippen MR) is 125 cm³/mol. The molecule has 6 rings (SSSR count). The highest BCUT2D eigenvalue weighted by molar-refractivity contribution is 5.92. The van der Waals surface area contributed by atoms with Gasteiger partial charge in [0.2, 0.25) is 5.88 Å². The van der Waals surface area contributed by atoms with Crippen LogP contribution in [-0.4, -0.2) is 38.3 Å². The number of halogens is 1. The largest absolute Gasteiger partial charge is 0.491 e. The number of nitrogens with zero attached hydrogens (tertiary/aromatic N) is 4. The molecule has 0 fully saturated rings. The van der Waals surface area contributed by atoms with Gasteiger partial charge in [-0.05, 0) is 35.7 Å². The summed E-state index contributed by atoms with van der Waals surface area (Å²) < 4.78 is 27.7. The Morgan fingerprint density at radius 3 is 2.80 bits per heavy atom. The summed E-state index contributed by atoms with van der Waals surface area (Å²) in [7, 11) is 0. The fourth-order valence-electron chi connectivity index (χ4n) is 4.54. The smallest absolute Gasteiger partial charge is 0.272 e. The molecule has 2 aromatic carbocycles. The summed E-state index contributed by atoms with van der Waals surface area (Å²) in [6.07, 6.45) is 5.80. The Balaban J connectivity index is 1.14. The summed E-state index contributed by atoms with van der Waals surface area (Å²) in [4.78, 5) is 21.1. The molecule has 35 heavy (non-hydrogen) atoms. The van der Waals surface area contributed by atoms with Crippen LogP contribution in [0.25, 0.3) is 11.1 Å². The quantitative estimate of drug-likeness (QED) is 0.488. The molecule has 2 aliphatic rings. The van der Waals surface area contributed by atoms with E-state index in [1.54, 1.807) is 41.3 Å². The molecule has 4 heterocycles. The number of aromatic nitrogens is 4. The van der Waals surface area contributed by atoms with E-state index in [0.717, 1.165) is 22.4 Å². The highest BCUT2D eigenvalue weighted by Crippen LogP contribution is 2.33. The van der Waals surface area contributed by atoms with E-state index in [0.29, 0.717) is 37.4 Å². The van der Waals surface area contributed by atoms with Crippen LogP contribution in [0.3, 0.4) is 0 Å². The van der Waals surface area contributed by atoms with E-state index in [4.69, 9.17) is 9.47 Å². The number of hydrogen-bond donors (Lipinski definition) is 1. The molecule has 0 saturated carbocycles. The monoisotopic (exact) mass is 471 g/mol. The molecule has 2 atom stereocenters. The molecule has 1 N–H and O–H groups in total. The third-order valence-electron chi connectivity index (χ3n) is 6.29. The number of fused-ring (bicyclic) bond motifs is 2. The van der Waals surface area contributed by atoms with E-state index in [9.17, 15) is 9.18 Å². The molecule has 1 unspecified atom stereocenters. The number of benzene rings is 2.